The first-order chi connectivity index (χ1) is 12.6. The van der Waals surface area contributed by atoms with E-state index in [9.17, 15) is 9.90 Å². The van der Waals surface area contributed by atoms with Gasteiger partial charge in [-0.05, 0) is 61.1 Å². The number of hydrogen-bond donors (Lipinski definition) is 2. The molecule has 1 aliphatic rings. The number of ether oxygens (including phenoxy) is 1. The Labute approximate surface area is 154 Å². The standard InChI is InChI=1S/C21H26N2O3/c1-15-4-3-5-18(14-15)22-21(25)23-12-10-17(11-13-23)20(24)16-6-8-19(26-2)9-7-16/h3-9,14,17,20,24H,10-13H2,1-2H3,(H,22,25)/t20-/m0/s1. The number of aryl methyl sites for hydroxylation is 1. The molecule has 0 bridgehead atoms. The normalized spacial score (nSPS) is 16.2. The lowest BCUT2D eigenvalue weighted by Crippen LogP contribution is -2.42. The van der Waals surface area contributed by atoms with Crippen LogP contribution in [-0.4, -0.2) is 36.2 Å². The number of methoxy groups -OCH3 is 1. The highest BCUT2D eigenvalue weighted by Gasteiger charge is 2.28. The van der Waals surface area contributed by atoms with Crippen molar-refractivity contribution in [3.63, 3.8) is 0 Å². The molecule has 2 amide bonds. The third-order valence-electron chi connectivity index (χ3n) is 5.00. The molecule has 1 atom stereocenters. The Kier molecular flexibility index (Phi) is 5.78. The highest BCUT2D eigenvalue weighted by molar-refractivity contribution is 5.89. The molecule has 5 nitrogen and oxygen atoms in total. The third-order valence-corrected chi connectivity index (χ3v) is 5.00. The van der Waals surface area contributed by atoms with Crippen LogP contribution in [-0.2, 0) is 0 Å². The first-order valence-electron chi connectivity index (χ1n) is 9.01. The lowest BCUT2D eigenvalue weighted by atomic mass is 9.87. The van der Waals surface area contributed by atoms with Crippen LogP contribution in [0.3, 0.4) is 0 Å². The summed E-state index contributed by atoms with van der Waals surface area (Å²) in [7, 11) is 1.63. The van der Waals surface area contributed by atoms with Crippen LogP contribution in [0.2, 0.25) is 0 Å². The van der Waals surface area contributed by atoms with Gasteiger partial charge in [0.2, 0.25) is 0 Å². The van der Waals surface area contributed by atoms with Gasteiger partial charge in [0.05, 0.1) is 13.2 Å². The van der Waals surface area contributed by atoms with E-state index in [1.54, 1.807) is 7.11 Å². The Morgan fingerprint density at radius 1 is 1.19 bits per heavy atom. The Morgan fingerprint density at radius 2 is 1.88 bits per heavy atom. The molecule has 1 fully saturated rings. The monoisotopic (exact) mass is 354 g/mol. The molecule has 2 aromatic rings. The molecule has 3 rings (SSSR count). The van der Waals surface area contributed by atoms with Crippen LogP contribution in [0.5, 0.6) is 5.75 Å². The smallest absolute Gasteiger partial charge is 0.321 e. The summed E-state index contributed by atoms with van der Waals surface area (Å²) in [6.07, 6.45) is 1.06. The van der Waals surface area contributed by atoms with Gasteiger partial charge in [0.1, 0.15) is 5.75 Å². The van der Waals surface area contributed by atoms with E-state index in [4.69, 9.17) is 4.74 Å². The maximum atomic E-state index is 12.4. The van der Waals surface area contributed by atoms with E-state index in [0.29, 0.717) is 13.1 Å². The van der Waals surface area contributed by atoms with Crippen molar-refractivity contribution in [1.29, 1.82) is 0 Å². The van der Waals surface area contributed by atoms with E-state index in [1.807, 2.05) is 60.4 Å². The molecule has 0 unspecified atom stereocenters. The molecular formula is C21H26N2O3. The molecule has 1 saturated heterocycles. The fraction of sp³-hybridized carbons (Fsp3) is 0.381. The number of hydrogen-bond acceptors (Lipinski definition) is 3. The zero-order valence-electron chi connectivity index (χ0n) is 15.3. The number of rotatable bonds is 4. The number of aliphatic hydroxyl groups is 1. The molecular weight excluding hydrogens is 328 g/mol. The summed E-state index contributed by atoms with van der Waals surface area (Å²) < 4.78 is 5.16. The van der Waals surface area contributed by atoms with E-state index in [0.717, 1.165) is 35.4 Å². The topological polar surface area (TPSA) is 61.8 Å². The average molecular weight is 354 g/mol. The van der Waals surface area contributed by atoms with Gasteiger partial charge >= 0.3 is 6.03 Å². The Bertz CT molecular complexity index is 737. The minimum absolute atomic E-state index is 0.0759. The molecule has 0 saturated carbocycles. The molecule has 0 aliphatic carbocycles. The molecule has 1 aliphatic heterocycles. The summed E-state index contributed by atoms with van der Waals surface area (Å²) in [6, 6.07) is 15.2. The summed E-state index contributed by atoms with van der Waals surface area (Å²) in [5.74, 6) is 0.940. The number of anilines is 1. The molecule has 1 heterocycles. The molecule has 0 aromatic heterocycles. The highest BCUT2D eigenvalue weighted by atomic mass is 16.5. The molecule has 2 N–H and O–H groups in total. The van der Waals surface area contributed by atoms with Gasteiger partial charge in [-0.25, -0.2) is 4.79 Å². The Hall–Kier alpha value is -2.53. The molecule has 0 radical (unpaired) electrons. The van der Waals surface area contributed by atoms with Gasteiger partial charge in [-0.1, -0.05) is 24.3 Å². The van der Waals surface area contributed by atoms with Crippen molar-refractivity contribution < 1.29 is 14.6 Å². The van der Waals surface area contributed by atoms with Crippen molar-refractivity contribution in [1.82, 2.24) is 4.90 Å². The molecule has 5 heteroatoms. The quantitative estimate of drug-likeness (QED) is 0.873. The van der Waals surface area contributed by atoms with Crippen LogP contribution in [0, 0.1) is 12.8 Å². The summed E-state index contributed by atoms with van der Waals surface area (Å²) >= 11 is 0. The lowest BCUT2D eigenvalue weighted by molar-refractivity contribution is 0.0683. The van der Waals surface area contributed by atoms with E-state index < -0.39 is 6.10 Å². The minimum atomic E-state index is -0.511. The fourth-order valence-corrected chi connectivity index (χ4v) is 3.42. The molecule has 26 heavy (non-hydrogen) atoms. The first kappa shape index (κ1) is 18.3. The molecule has 138 valence electrons. The number of carbonyl (C=O) groups excluding carboxylic acids is 1. The van der Waals surface area contributed by atoms with Gasteiger partial charge in [-0.15, -0.1) is 0 Å². The van der Waals surface area contributed by atoms with Crippen molar-refractivity contribution in [2.75, 3.05) is 25.5 Å². The Balaban J connectivity index is 1.53. The number of benzene rings is 2. The molecule has 0 spiro atoms. The number of piperidine rings is 1. The van der Waals surface area contributed by atoms with Crippen molar-refractivity contribution in [3.8, 4) is 5.75 Å². The third kappa shape index (κ3) is 4.35. The van der Waals surface area contributed by atoms with Crippen LogP contribution in [0.4, 0.5) is 10.5 Å². The second-order valence-corrected chi connectivity index (χ2v) is 6.84. The predicted molar refractivity (Wildman–Crippen MR) is 102 cm³/mol. The maximum absolute atomic E-state index is 12.4. The zero-order chi connectivity index (χ0) is 18.5. The number of amides is 2. The summed E-state index contributed by atoms with van der Waals surface area (Å²) in [6.45, 7) is 3.30. The number of carbonyl (C=O) groups is 1. The number of nitrogens with zero attached hydrogens (tertiary/aromatic N) is 1. The predicted octanol–water partition coefficient (Wildman–Crippen LogP) is 3.98. The number of aliphatic hydroxyl groups excluding tert-OH is 1. The summed E-state index contributed by atoms with van der Waals surface area (Å²) in [5, 5.41) is 13.6. The fourth-order valence-electron chi connectivity index (χ4n) is 3.42. The van der Waals surface area contributed by atoms with Crippen LogP contribution < -0.4 is 10.1 Å². The number of nitrogens with one attached hydrogen (secondary N) is 1. The molecule has 2 aromatic carbocycles. The average Bonchev–Trinajstić information content (AvgIpc) is 2.67. The Morgan fingerprint density at radius 3 is 2.50 bits per heavy atom. The SMILES string of the molecule is COc1ccc([C@H](O)C2CCN(C(=O)Nc3cccc(C)c3)CC2)cc1. The van der Waals surface area contributed by atoms with Crippen molar-refractivity contribution in [2.45, 2.75) is 25.9 Å². The van der Waals surface area contributed by atoms with Gasteiger partial charge in [-0.3, -0.25) is 0 Å². The van der Waals surface area contributed by atoms with E-state index >= 15 is 0 Å². The van der Waals surface area contributed by atoms with Gasteiger partial charge in [0.15, 0.2) is 0 Å². The first-order valence-corrected chi connectivity index (χ1v) is 9.01. The van der Waals surface area contributed by atoms with Crippen LogP contribution >= 0.6 is 0 Å². The summed E-state index contributed by atoms with van der Waals surface area (Å²) in [5.41, 5.74) is 2.83. The van der Waals surface area contributed by atoms with Crippen LogP contribution in [0.1, 0.15) is 30.1 Å². The lowest BCUT2D eigenvalue weighted by Gasteiger charge is -2.34. The largest absolute Gasteiger partial charge is 0.497 e. The van der Waals surface area contributed by atoms with Crippen LogP contribution in [0.15, 0.2) is 48.5 Å². The van der Waals surface area contributed by atoms with Gasteiger partial charge < -0.3 is 20.1 Å². The number of likely N-dealkylation sites (tertiary alicyclic amines) is 1. The van der Waals surface area contributed by atoms with E-state index in [2.05, 4.69) is 5.32 Å². The van der Waals surface area contributed by atoms with Gasteiger partial charge in [0, 0.05) is 18.8 Å². The van der Waals surface area contributed by atoms with Crippen LogP contribution in [0.25, 0.3) is 0 Å². The van der Waals surface area contributed by atoms with Crippen molar-refractivity contribution in [2.24, 2.45) is 5.92 Å². The highest BCUT2D eigenvalue weighted by Crippen LogP contribution is 2.31. The second-order valence-electron chi connectivity index (χ2n) is 6.84. The van der Waals surface area contributed by atoms with E-state index in [-0.39, 0.29) is 11.9 Å². The number of urea groups is 1. The van der Waals surface area contributed by atoms with Gasteiger partial charge in [0.25, 0.3) is 0 Å². The van der Waals surface area contributed by atoms with E-state index in [1.165, 1.54) is 0 Å². The summed E-state index contributed by atoms with van der Waals surface area (Å²) in [4.78, 5) is 14.3. The van der Waals surface area contributed by atoms with Crippen molar-refractivity contribution in [3.05, 3.63) is 59.7 Å². The minimum Gasteiger partial charge on any atom is -0.497 e. The maximum Gasteiger partial charge on any atom is 0.321 e. The van der Waals surface area contributed by atoms with Crippen molar-refractivity contribution >= 4 is 11.7 Å². The second kappa shape index (κ2) is 8.23. The van der Waals surface area contributed by atoms with Gasteiger partial charge in [-0.2, -0.15) is 0 Å². The zero-order valence-corrected chi connectivity index (χ0v) is 15.3.